The van der Waals surface area contributed by atoms with Crippen molar-refractivity contribution in [2.45, 2.75) is 13.3 Å². The topological polar surface area (TPSA) is 69.6 Å². The van der Waals surface area contributed by atoms with E-state index < -0.39 is 0 Å². The molecule has 0 saturated carbocycles. The Kier molecular flexibility index (Phi) is 4.03. The normalized spacial score (nSPS) is 22.8. The lowest BCUT2D eigenvalue weighted by atomic mass is 9.89. The Morgan fingerprint density at radius 1 is 1.04 bits per heavy atom. The summed E-state index contributed by atoms with van der Waals surface area (Å²) in [5.74, 6) is 2.18. The molecule has 2 aliphatic rings. The third-order valence-corrected chi connectivity index (χ3v) is 5.31. The van der Waals surface area contributed by atoms with Crippen LogP contribution in [0.4, 0.5) is 5.82 Å². The average molecular weight is 338 g/mol. The highest BCUT2D eigenvalue weighted by molar-refractivity contribution is 5.94. The summed E-state index contributed by atoms with van der Waals surface area (Å²) in [6.45, 7) is 5.41. The molecule has 2 fully saturated rings. The van der Waals surface area contributed by atoms with Crippen LogP contribution in [0, 0.1) is 18.8 Å². The molecule has 2 aromatic rings. The number of nitrogens with zero attached hydrogens (tertiary/aromatic N) is 4. The van der Waals surface area contributed by atoms with Gasteiger partial charge >= 0.3 is 0 Å². The minimum absolute atomic E-state index is 0.0519. The van der Waals surface area contributed by atoms with E-state index in [9.17, 15) is 9.90 Å². The smallest absolute Gasteiger partial charge is 0.253 e. The zero-order valence-corrected chi connectivity index (χ0v) is 14.3. The highest BCUT2D eigenvalue weighted by Crippen LogP contribution is 2.33. The molecule has 0 aliphatic carbocycles. The third-order valence-electron chi connectivity index (χ3n) is 5.31. The third kappa shape index (κ3) is 3.16. The second-order valence-corrected chi connectivity index (χ2v) is 7.04. The van der Waals surface area contributed by atoms with Crippen LogP contribution >= 0.6 is 0 Å². The van der Waals surface area contributed by atoms with Crippen LogP contribution in [0.1, 0.15) is 22.5 Å². The SMILES string of the molecule is Cc1ccc(N2CC[C@H]3CN(C(=O)c4ccc(O)cc4)C[C@@H]3C2)nn1. The fourth-order valence-corrected chi connectivity index (χ4v) is 3.89. The van der Waals surface area contributed by atoms with Gasteiger partial charge in [0.25, 0.3) is 5.91 Å². The first-order valence-electron chi connectivity index (χ1n) is 8.74. The molecule has 6 heteroatoms. The molecule has 0 unspecified atom stereocenters. The molecule has 0 spiro atoms. The molecule has 130 valence electrons. The molecular weight excluding hydrogens is 316 g/mol. The molecule has 0 bridgehead atoms. The maximum absolute atomic E-state index is 12.7. The number of hydrogen-bond donors (Lipinski definition) is 1. The minimum atomic E-state index is 0.0519. The molecule has 2 aliphatic heterocycles. The van der Waals surface area contributed by atoms with E-state index in [4.69, 9.17) is 0 Å². The lowest BCUT2D eigenvalue weighted by Crippen LogP contribution is -2.40. The van der Waals surface area contributed by atoms with Crippen molar-refractivity contribution in [2.24, 2.45) is 11.8 Å². The molecule has 4 rings (SSSR count). The van der Waals surface area contributed by atoms with Gasteiger partial charge < -0.3 is 14.9 Å². The number of fused-ring (bicyclic) bond motifs is 1. The Balaban J connectivity index is 1.43. The number of phenols is 1. The summed E-state index contributed by atoms with van der Waals surface area (Å²) in [6.07, 6.45) is 1.07. The van der Waals surface area contributed by atoms with Crippen LogP contribution in [0.3, 0.4) is 0 Å². The number of aromatic nitrogens is 2. The Morgan fingerprint density at radius 2 is 1.80 bits per heavy atom. The molecule has 1 aromatic heterocycles. The van der Waals surface area contributed by atoms with Gasteiger partial charge in [0.15, 0.2) is 5.82 Å². The molecule has 3 heterocycles. The van der Waals surface area contributed by atoms with E-state index in [2.05, 4.69) is 15.1 Å². The van der Waals surface area contributed by atoms with Crippen LogP contribution in [0.5, 0.6) is 5.75 Å². The minimum Gasteiger partial charge on any atom is -0.508 e. The van der Waals surface area contributed by atoms with Gasteiger partial charge in [-0.05, 0) is 61.6 Å². The van der Waals surface area contributed by atoms with Crippen molar-refractivity contribution >= 4 is 11.7 Å². The molecule has 1 aromatic carbocycles. The number of anilines is 1. The van der Waals surface area contributed by atoms with Gasteiger partial charge in [-0.3, -0.25) is 4.79 Å². The van der Waals surface area contributed by atoms with Gasteiger partial charge in [0.2, 0.25) is 0 Å². The first-order chi connectivity index (χ1) is 12.1. The predicted molar refractivity (Wildman–Crippen MR) is 94.6 cm³/mol. The molecule has 6 nitrogen and oxygen atoms in total. The van der Waals surface area contributed by atoms with Crippen molar-refractivity contribution in [3.63, 3.8) is 0 Å². The number of phenolic OH excluding ortho intramolecular Hbond substituents is 1. The van der Waals surface area contributed by atoms with E-state index in [1.165, 1.54) is 0 Å². The number of likely N-dealkylation sites (tertiary alicyclic amines) is 1. The summed E-state index contributed by atoms with van der Waals surface area (Å²) in [4.78, 5) is 16.9. The number of amides is 1. The van der Waals surface area contributed by atoms with Gasteiger partial charge in [0.1, 0.15) is 5.75 Å². The largest absolute Gasteiger partial charge is 0.508 e. The van der Waals surface area contributed by atoms with Crippen molar-refractivity contribution in [1.82, 2.24) is 15.1 Å². The van der Waals surface area contributed by atoms with Crippen molar-refractivity contribution in [1.29, 1.82) is 0 Å². The average Bonchev–Trinajstić information content (AvgIpc) is 3.05. The predicted octanol–water partition coefficient (Wildman–Crippen LogP) is 2.09. The van der Waals surface area contributed by atoms with Crippen LogP contribution in [-0.4, -0.2) is 52.3 Å². The number of carbonyl (C=O) groups excluding carboxylic acids is 1. The molecule has 1 amide bonds. The number of aryl methyl sites for hydroxylation is 1. The maximum Gasteiger partial charge on any atom is 0.253 e. The number of carbonyl (C=O) groups is 1. The van der Waals surface area contributed by atoms with Gasteiger partial charge in [0, 0.05) is 31.7 Å². The van der Waals surface area contributed by atoms with Crippen LogP contribution in [0.15, 0.2) is 36.4 Å². The molecular formula is C19H22N4O2. The second-order valence-electron chi connectivity index (χ2n) is 7.04. The Bertz CT molecular complexity index is 760. The van der Waals surface area contributed by atoms with Gasteiger partial charge in [-0.15, -0.1) is 5.10 Å². The fraction of sp³-hybridized carbons (Fsp3) is 0.421. The summed E-state index contributed by atoms with van der Waals surface area (Å²) in [5.41, 5.74) is 1.56. The van der Waals surface area contributed by atoms with E-state index >= 15 is 0 Å². The second kappa shape index (κ2) is 6.35. The molecule has 1 N–H and O–H groups in total. The quantitative estimate of drug-likeness (QED) is 0.908. The maximum atomic E-state index is 12.7. The van der Waals surface area contributed by atoms with Crippen LogP contribution in [0.2, 0.25) is 0 Å². The van der Waals surface area contributed by atoms with Crippen LogP contribution in [0.25, 0.3) is 0 Å². The van der Waals surface area contributed by atoms with Gasteiger partial charge in [-0.1, -0.05) is 0 Å². The van der Waals surface area contributed by atoms with E-state index in [0.717, 1.165) is 44.1 Å². The van der Waals surface area contributed by atoms with Crippen LogP contribution < -0.4 is 4.90 Å². The first-order valence-corrected chi connectivity index (χ1v) is 8.74. The van der Waals surface area contributed by atoms with Gasteiger partial charge in [-0.2, -0.15) is 5.10 Å². The lowest BCUT2D eigenvalue weighted by molar-refractivity contribution is 0.0784. The van der Waals surface area contributed by atoms with Crippen molar-refractivity contribution in [3.05, 3.63) is 47.7 Å². The zero-order chi connectivity index (χ0) is 17.4. The highest BCUT2D eigenvalue weighted by Gasteiger charge is 2.39. The van der Waals surface area contributed by atoms with Crippen molar-refractivity contribution in [2.75, 3.05) is 31.1 Å². The Hall–Kier alpha value is -2.63. The lowest BCUT2D eigenvalue weighted by Gasteiger charge is -2.34. The standard InChI is InChI=1S/C19H22N4O2/c1-13-2-7-18(21-20-13)22-9-8-15-10-23(12-16(15)11-22)19(25)14-3-5-17(24)6-4-14/h2-7,15-16,24H,8-12H2,1H3/t15-,16-/m0/s1. The molecule has 0 radical (unpaired) electrons. The van der Waals surface area contributed by atoms with E-state index in [1.54, 1.807) is 24.3 Å². The highest BCUT2D eigenvalue weighted by atomic mass is 16.3. The summed E-state index contributed by atoms with van der Waals surface area (Å²) in [7, 11) is 0. The van der Waals surface area contributed by atoms with E-state index in [1.807, 2.05) is 24.0 Å². The number of aromatic hydroxyl groups is 1. The molecule has 25 heavy (non-hydrogen) atoms. The molecule has 2 saturated heterocycles. The van der Waals surface area contributed by atoms with Gasteiger partial charge in [-0.25, -0.2) is 0 Å². The summed E-state index contributed by atoms with van der Waals surface area (Å²) >= 11 is 0. The van der Waals surface area contributed by atoms with Crippen molar-refractivity contribution in [3.8, 4) is 5.75 Å². The number of piperidine rings is 1. The van der Waals surface area contributed by atoms with E-state index in [0.29, 0.717) is 17.4 Å². The summed E-state index contributed by atoms with van der Waals surface area (Å²) in [6, 6.07) is 10.5. The van der Waals surface area contributed by atoms with E-state index in [-0.39, 0.29) is 11.7 Å². The van der Waals surface area contributed by atoms with Gasteiger partial charge in [0.05, 0.1) is 5.69 Å². The number of rotatable bonds is 2. The summed E-state index contributed by atoms with van der Waals surface area (Å²) in [5, 5.41) is 17.8. The Labute approximate surface area is 147 Å². The fourth-order valence-electron chi connectivity index (χ4n) is 3.89. The Morgan fingerprint density at radius 3 is 2.52 bits per heavy atom. The first kappa shape index (κ1) is 15.9. The number of hydrogen-bond acceptors (Lipinski definition) is 5. The van der Waals surface area contributed by atoms with Crippen molar-refractivity contribution < 1.29 is 9.90 Å². The molecule has 2 atom stereocenters. The number of benzene rings is 1. The zero-order valence-electron chi connectivity index (χ0n) is 14.3. The monoisotopic (exact) mass is 338 g/mol. The summed E-state index contributed by atoms with van der Waals surface area (Å²) < 4.78 is 0. The van der Waals surface area contributed by atoms with Crippen LogP contribution in [-0.2, 0) is 0 Å².